The van der Waals surface area contributed by atoms with Crippen molar-refractivity contribution in [3.05, 3.63) is 86.4 Å². The fourth-order valence-electron chi connectivity index (χ4n) is 3.38. The van der Waals surface area contributed by atoms with E-state index in [1.807, 2.05) is 0 Å². The topological polar surface area (TPSA) is 140 Å². The number of primary amides is 1. The van der Waals surface area contributed by atoms with E-state index in [1.165, 1.54) is 30.3 Å². The molecule has 13 heteroatoms. The number of urea groups is 1. The first-order valence-electron chi connectivity index (χ1n) is 9.81. The second kappa shape index (κ2) is 9.13. The molecule has 4 aromatic rings. The Morgan fingerprint density at radius 1 is 1.09 bits per heavy atom. The Kier molecular flexibility index (Phi) is 6.36. The first-order valence-corrected chi connectivity index (χ1v) is 12.5. The lowest BCUT2D eigenvalue weighted by Crippen LogP contribution is -2.34. The number of anilines is 1. The van der Waals surface area contributed by atoms with E-state index in [1.54, 1.807) is 23.8 Å². The molecule has 0 aliphatic heterocycles. The van der Waals surface area contributed by atoms with E-state index in [2.05, 4.69) is 5.32 Å². The average molecular weight is 535 g/mol. The number of carbonyl (C=O) groups excluding carboxylic acids is 2. The van der Waals surface area contributed by atoms with Crippen LogP contribution >= 0.6 is 22.9 Å². The van der Waals surface area contributed by atoms with Crippen LogP contribution in [-0.4, -0.2) is 24.9 Å². The average Bonchev–Trinajstić information content (AvgIpc) is 3.21. The Hall–Kier alpha value is -3.74. The lowest BCUT2D eigenvalue weighted by molar-refractivity contribution is 0.100. The number of nitrogens with one attached hydrogen (secondary N) is 2. The predicted molar refractivity (Wildman–Crippen MR) is 131 cm³/mol. The summed E-state index contributed by atoms with van der Waals surface area (Å²) >= 11 is 6.49. The number of benzene rings is 2. The largest absolute Gasteiger partial charge is 0.366 e. The molecule has 9 nitrogen and oxygen atoms in total. The molecule has 0 saturated carbocycles. The van der Waals surface area contributed by atoms with Crippen LogP contribution in [0.15, 0.2) is 63.7 Å². The molecule has 2 aromatic carbocycles. The van der Waals surface area contributed by atoms with Crippen molar-refractivity contribution in [3.8, 4) is 5.69 Å². The highest BCUT2D eigenvalue weighted by Gasteiger charge is 2.21. The first-order chi connectivity index (χ1) is 16.5. The van der Waals surface area contributed by atoms with Gasteiger partial charge in [0.15, 0.2) is 0 Å². The van der Waals surface area contributed by atoms with Crippen molar-refractivity contribution in [2.24, 2.45) is 5.73 Å². The Balaban J connectivity index is 1.65. The number of nitrogens with two attached hydrogens (primary N) is 1. The Morgan fingerprint density at radius 2 is 1.83 bits per heavy atom. The number of carbonyl (C=O) groups is 2. The number of pyridine rings is 1. The third-order valence-electron chi connectivity index (χ3n) is 4.94. The van der Waals surface area contributed by atoms with E-state index >= 15 is 0 Å². The van der Waals surface area contributed by atoms with E-state index in [0.717, 1.165) is 33.7 Å². The Bertz CT molecular complexity index is 1680. The SMILES string of the molecule is Cc1ccc2c(=O)n(-c3ccc(NC(=O)NS(=O)(=O)c4ccc(Cl)s4)cc3F)cc(C(N)=O)c2c1. The van der Waals surface area contributed by atoms with Crippen LogP contribution in [0.2, 0.25) is 4.34 Å². The number of thiophene rings is 1. The van der Waals surface area contributed by atoms with Gasteiger partial charge in [0.05, 0.1) is 15.6 Å². The summed E-state index contributed by atoms with van der Waals surface area (Å²) in [6.45, 7) is 1.79. The summed E-state index contributed by atoms with van der Waals surface area (Å²) < 4.78 is 42.3. The normalized spacial score (nSPS) is 11.4. The number of hydrogen-bond donors (Lipinski definition) is 3. The number of halogens is 2. The number of aromatic nitrogens is 1. The second-order valence-electron chi connectivity index (χ2n) is 7.42. The molecule has 2 heterocycles. The molecule has 4 N–H and O–H groups in total. The highest BCUT2D eigenvalue weighted by molar-refractivity contribution is 7.92. The van der Waals surface area contributed by atoms with E-state index in [9.17, 15) is 27.2 Å². The van der Waals surface area contributed by atoms with Gasteiger partial charge in [0.2, 0.25) is 0 Å². The monoisotopic (exact) mass is 534 g/mol. The number of aryl methyl sites for hydroxylation is 1. The maximum Gasteiger partial charge on any atom is 0.333 e. The van der Waals surface area contributed by atoms with Crippen LogP contribution in [0, 0.1) is 12.7 Å². The third-order valence-corrected chi connectivity index (χ3v) is 8.00. The van der Waals surface area contributed by atoms with Gasteiger partial charge in [-0.25, -0.2) is 22.3 Å². The zero-order valence-corrected chi connectivity index (χ0v) is 20.2. The summed E-state index contributed by atoms with van der Waals surface area (Å²) in [4.78, 5) is 37.2. The molecule has 0 saturated heterocycles. The van der Waals surface area contributed by atoms with Gasteiger partial charge in [-0.2, -0.15) is 0 Å². The molecule has 0 spiro atoms. The van der Waals surface area contributed by atoms with Crippen LogP contribution in [0.1, 0.15) is 15.9 Å². The molecule has 0 radical (unpaired) electrons. The molecule has 2 aromatic heterocycles. The molecule has 35 heavy (non-hydrogen) atoms. The smallest absolute Gasteiger partial charge is 0.333 e. The van der Waals surface area contributed by atoms with Crippen molar-refractivity contribution in [2.75, 3.05) is 5.32 Å². The molecule has 0 fully saturated rings. The number of hydrogen-bond acceptors (Lipinski definition) is 6. The molecular weight excluding hydrogens is 519 g/mol. The van der Waals surface area contributed by atoms with Crippen molar-refractivity contribution in [1.82, 2.24) is 9.29 Å². The fraction of sp³-hybridized carbons (Fsp3) is 0.0455. The fourth-order valence-corrected chi connectivity index (χ4v) is 5.77. The molecule has 180 valence electrons. The lowest BCUT2D eigenvalue weighted by Gasteiger charge is -2.13. The number of rotatable bonds is 5. The zero-order chi connectivity index (χ0) is 25.5. The lowest BCUT2D eigenvalue weighted by atomic mass is 10.0. The van der Waals surface area contributed by atoms with Crippen LogP contribution in [0.25, 0.3) is 16.5 Å². The van der Waals surface area contributed by atoms with Crippen LogP contribution in [0.3, 0.4) is 0 Å². The summed E-state index contributed by atoms with van der Waals surface area (Å²) in [7, 11) is -4.17. The second-order valence-corrected chi connectivity index (χ2v) is 11.0. The number of sulfonamides is 1. The summed E-state index contributed by atoms with van der Waals surface area (Å²) in [6.07, 6.45) is 1.16. The van der Waals surface area contributed by atoms with Gasteiger partial charge in [0.25, 0.3) is 21.5 Å². The van der Waals surface area contributed by atoms with Gasteiger partial charge >= 0.3 is 6.03 Å². The van der Waals surface area contributed by atoms with Crippen LogP contribution in [-0.2, 0) is 10.0 Å². The maximum atomic E-state index is 15.0. The van der Waals surface area contributed by atoms with Crippen molar-refractivity contribution in [1.29, 1.82) is 0 Å². The predicted octanol–water partition coefficient (Wildman–Crippen LogP) is 3.76. The van der Waals surface area contributed by atoms with Gasteiger partial charge in [-0.3, -0.25) is 14.2 Å². The molecule has 0 aliphatic carbocycles. The first kappa shape index (κ1) is 24.4. The molecule has 3 amide bonds. The van der Waals surface area contributed by atoms with Crippen molar-refractivity contribution < 1.29 is 22.4 Å². The standard InChI is InChI=1S/C22H16ClFN4O5S2/c1-11-2-4-13-14(8-11)15(20(25)29)10-28(21(13)30)17-5-3-12(9-16(17)24)26-22(31)27-35(32,33)19-7-6-18(23)34-19/h2-10H,1H3,(H2,25,29)(H2,26,27,31). The highest BCUT2D eigenvalue weighted by atomic mass is 35.5. The summed E-state index contributed by atoms with van der Waals surface area (Å²) in [6, 6.07) is 9.69. The van der Waals surface area contributed by atoms with Crippen molar-refractivity contribution in [3.63, 3.8) is 0 Å². The van der Waals surface area contributed by atoms with Gasteiger partial charge in [-0.05, 0) is 43.3 Å². The van der Waals surface area contributed by atoms with Gasteiger partial charge in [0, 0.05) is 22.7 Å². The van der Waals surface area contributed by atoms with Crippen LogP contribution in [0.5, 0.6) is 0 Å². The third kappa shape index (κ3) is 4.90. The molecule has 0 bridgehead atoms. The van der Waals surface area contributed by atoms with Crippen LogP contribution in [0.4, 0.5) is 14.9 Å². The van der Waals surface area contributed by atoms with E-state index in [-0.39, 0.29) is 30.9 Å². The number of nitrogens with zero attached hydrogens (tertiary/aromatic N) is 1. The van der Waals surface area contributed by atoms with E-state index < -0.39 is 33.3 Å². The molecule has 0 unspecified atom stereocenters. The number of amides is 3. The molecule has 0 atom stereocenters. The summed E-state index contributed by atoms with van der Waals surface area (Å²) in [5.74, 6) is -1.71. The van der Waals surface area contributed by atoms with Crippen molar-refractivity contribution >= 4 is 61.4 Å². The van der Waals surface area contributed by atoms with E-state index in [0.29, 0.717) is 5.39 Å². The molecular formula is C22H16ClFN4O5S2. The van der Waals surface area contributed by atoms with Gasteiger partial charge in [-0.15, -0.1) is 11.3 Å². The summed E-state index contributed by atoms with van der Waals surface area (Å²) in [5, 5.41) is 2.74. The summed E-state index contributed by atoms with van der Waals surface area (Å²) in [5.41, 5.74) is 5.45. The van der Waals surface area contributed by atoms with Crippen molar-refractivity contribution in [2.45, 2.75) is 11.1 Å². The van der Waals surface area contributed by atoms with E-state index in [4.69, 9.17) is 17.3 Å². The van der Waals surface area contributed by atoms with Crippen LogP contribution < -0.4 is 21.3 Å². The maximum absolute atomic E-state index is 15.0. The molecule has 0 aliphatic rings. The minimum atomic E-state index is -4.17. The minimum absolute atomic E-state index is 0.0307. The Labute approximate surface area is 207 Å². The quantitative estimate of drug-likeness (QED) is 0.357. The minimum Gasteiger partial charge on any atom is -0.366 e. The Morgan fingerprint density at radius 3 is 2.46 bits per heavy atom. The number of fused-ring (bicyclic) bond motifs is 1. The van der Waals surface area contributed by atoms with Gasteiger partial charge in [0.1, 0.15) is 10.0 Å². The molecule has 4 rings (SSSR count). The zero-order valence-electron chi connectivity index (χ0n) is 17.8. The van der Waals surface area contributed by atoms with Gasteiger partial charge < -0.3 is 11.1 Å². The van der Waals surface area contributed by atoms with Gasteiger partial charge in [-0.1, -0.05) is 29.3 Å². The highest BCUT2D eigenvalue weighted by Crippen LogP contribution is 2.26.